The van der Waals surface area contributed by atoms with Gasteiger partial charge in [-0.15, -0.1) is 0 Å². The summed E-state index contributed by atoms with van der Waals surface area (Å²) < 4.78 is 5.21. The number of nitrogens with one attached hydrogen (secondary N) is 1. The monoisotopic (exact) mass is 348 g/mol. The van der Waals surface area contributed by atoms with Crippen LogP contribution < -0.4 is 10.1 Å². The molecule has 0 saturated carbocycles. The summed E-state index contributed by atoms with van der Waals surface area (Å²) in [7, 11) is 1.63. The summed E-state index contributed by atoms with van der Waals surface area (Å²) in [5.41, 5.74) is 1.95. The van der Waals surface area contributed by atoms with Gasteiger partial charge in [0.2, 0.25) is 0 Å². The number of ether oxygens (including phenoxy) is 1. The summed E-state index contributed by atoms with van der Waals surface area (Å²) in [6, 6.07) is 15.8. The SMILES string of the molecule is COc1cccc(CCNc2cc(C#N)c3cc([N+](=O)[O-])ccc3n2)c1. The predicted octanol–water partition coefficient (Wildman–Crippen LogP) is 3.68. The molecule has 1 aromatic heterocycles. The van der Waals surface area contributed by atoms with Gasteiger partial charge in [0.25, 0.3) is 5.69 Å². The van der Waals surface area contributed by atoms with Crippen LogP contribution in [0.3, 0.4) is 0 Å². The number of nitrogens with zero attached hydrogens (tertiary/aromatic N) is 3. The number of nitro groups is 1. The first kappa shape index (κ1) is 17.2. The number of methoxy groups -OCH3 is 1. The zero-order valence-electron chi connectivity index (χ0n) is 14.1. The van der Waals surface area contributed by atoms with E-state index < -0.39 is 4.92 Å². The van der Waals surface area contributed by atoms with Gasteiger partial charge in [-0.05, 0) is 36.2 Å². The fraction of sp³-hybridized carbons (Fsp3) is 0.158. The minimum Gasteiger partial charge on any atom is -0.497 e. The molecule has 0 atom stereocenters. The first-order chi connectivity index (χ1) is 12.6. The smallest absolute Gasteiger partial charge is 0.270 e. The van der Waals surface area contributed by atoms with E-state index in [-0.39, 0.29) is 5.69 Å². The maximum Gasteiger partial charge on any atom is 0.270 e. The van der Waals surface area contributed by atoms with Gasteiger partial charge >= 0.3 is 0 Å². The zero-order valence-corrected chi connectivity index (χ0v) is 14.1. The van der Waals surface area contributed by atoms with Crippen molar-refractivity contribution < 1.29 is 9.66 Å². The van der Waals surface area contributed by atoms with E-state index >= 15 is 0 Å². The summed E-state index contributed by atoms with van der Waals surface area (Å²) in [4.78, 5) is 14.9. The van der Waals surface area contributed by atoms with E-state index in [2.05, 4.69) is 16.4 Å². The van der Waals surface area contributed by atoms with E-state index in [0.29, 0.717) is 28.8 Å². The van der Waals surface area contributed by atoms with Crippen LogP contribution in [0.4, 0.5) is 11.5 Å². The van der Waals surface area contributed by atoms with Crippen molar-refractivity contribution in [2.45, 2.75) is 6.42 Å². The quantitative estimate of drug-likeness (QED) is 0.539. The Kier molecular flexibility index (Phi) is 4.94. The Hall–Kier alpha value is -3.66. The number of non-ortho nitro benzene ring substituents is 1. The van der Waals surface area contributed by atoms with Crippen molar-refractivity contribution in [3.63, 3.8) is 0 Å². The van der Waals surface area contributed by atoms with Gasteiger partial charge in [-0.25, -0.2) is 4.98 Å². The normalized spacial score (nSPS) is 10.3. The highest BCUT2D eigenvalue weighted by Crippen LogP contribution is 2.25. The van der Waals surface area contributed by atoms with Crippen molar-refractivity contribution >= 4 is 22.4 Å². The Morgan fingerprint density at radius 2 is 2.12 bits per heavy atom. The fourth-order valence-electron chi connectivity index (χ4n) is 2.67. The second-order valence-electron chi connectivity index (χ2n) is 5.65. The topological polar surface area (TPSA) is 101 Å². The molecule has 7 heteroatoms. The number of fused-ring (bicyclic) bond motifs is 1. The lowest BCUT2D eigenvalue weighted by atomic mass is 10.1. The zero-order chi connectivity index (χ0) is 18.5. The molecule has 0 bridgehead atoms. The molecule has 3 rings (SSSR count). The number of nitriles is 1. The van der Waals surface area contributed by atoms with Crippen LogP contribution in [0, 0.1) is 21.4 Å². The highest BCUT2D eigenvalue weighted by atomic mass is 16.6. The van der Waals surface area contributed by atoms with Gasteiger partial charge in [-0.1, -0.05) is 12.1 Å². The number of rotatable bonds is 6. The third-order valence-electron chi connectivity index (χ3n) is 3.98. The molecule has 0 aliphatic rings. The number of aromatic nitrogens is 1. The molecule has 1 N–H and O–H groups in total. The van der Waals surface area contributed by atoms with Crippen molar-refractivity contribution in [1.82, 2.24) is 4.98 Å². The second-order valence-corrected chi connectivity index (χ2v) is 5.65. The molecule has 0 unspecified atom stereocenters. The number of hydrogen-bond acceptors (Lipinski definition) is 6. The van der Waals surface area contributed by atoms with Crippen molar-refractivity contribution in [2.24, 2.45) is 0 Å². The number of pyridine rings is 1. The number of nitro benzene ring substituents is 1. The van der Waals surface area contributed by atoms with E-state index in [1.165, 1.54) is 12.1 Å². The summed E-state index contributed by atoms with van der Waals surface area (Å²) in [5, 5.41) is 23.9. The van der Waals surface area contributed by atoms with Gasteiger partial charge < -0.3 is 10.1 Å². The van der Waals surface area contributed by atoms with Crippen LogP contribution in [0.25, 0.3) is 10.9 Å². The van der Waals surface area contributed by atoms with E-state index in [0.717, 1.165) is 17.7 Å². The Balaban J connectivity index is 1.79. The average Bonchev–Trinajstić information content (AvgIpc) is 2.67. The lowest BCUT2D eigenvalue weighted by Gasteiger charge is -2.09. The van der Waals surface area contributed by atoms with Crippen LogP contribution in [-0.2, 0) is 6.42 Å². The fourth-order valence-corrected chi connectivity index (χ4v) is 2.67. The number of anilines is 1. The molecule has 0 amide bonds. The van der Waals surface area contributed by atoms with E-state index in [4.69, 9.17) is 4.74 Å². The molecular weight excluding hydrogens is 332 g/mol. The molecule has 26 heavy (non-hydrogen) atoms. The van der Waals surface area contributed by atoms with E-state index in [1.807, 2.05) is 24.3 Å². The minimum atomic E-state index is -0.485. The molecule has 0 aliphatic carbocycles. The summed E-state index contributed by atoms with van der Waals surface area (Å²) in [6.07, 6.45) is 0.763. The van der Waals surface area contributed by atoms with Crippen LogP contribution in [-0.4, -0.2) is 23.6 Å². The van der Waals surface area contributed by atoms with E-state index in [1.54, 1.807) is 19.2 Å². The molecule has 0 fully saturated rings. The average molecular weight is 348 g/mol. The molecule has 2 aromatic carbocycles. The number of benzene rings is 2. The Morgan fingerprint density at radius 1 is 1.27 bits per heavy atom. The van der Waals surface area contributed by atoms with Gasteiger partial charge in [0.15, 0.2) is 0 Å². The lowest BCUT2D eigenvalue weighted by Crippen LogP contribution is -2.07. The third-order valence-corrected chi connectivity index (χ3v) is 3.98. The molecule has 130 valence electrons. The van der Waals surface area contributed by atoms with Gasteiger partial charge in [-0.3, -0.25) is 10.1 Å². The number of hydrogen-bond donors (Lipinski definition) is 1. The van der Waals surface area contributed by atoms with Crippen molar-refractivity contribution in [1.29, 1.82) is 5.26 Å². The maximum absolute atomic E-state index is 10.9. The highest BCUT2D eigenvalue weighted by molar-refractivity contribution is 5.88. The summed E-state index contributed by atoms with van der Waals surface area (Å²) in [5.74, 6) is 1.37. The van der Waals surface area contributed by atoms with Crippen LogP contribution in [0.1, 0.15) is 11.1 Å². The molecule has 7 nitrogen and oxygen atoms in total. The standard InChI is InChI=1S/C19H16N4O3/c1-26-16-4-2-3-13(9-16)7-8-21-19-10-14(12-20)17-11-15(23(24)25)5-6-18(17)22-19/h2-6,9-11H,7-8H2,1H3,(H,21,22). The third kappa shape index (κ3) is 3.70. The first-order valence-corrected chi connectivity index (χ1v) is 7.97. The summed E-state index contributed by atoms with van der Waals surface area (Å²) >= 11 is 0. The lowest BCUT2D eigenvalue weighted by molar-refractivity contribution is -0.384. The Labute approximate surface area is 150 Å². The summed E-state index contributed by atoms with van der Waals surface area (Å²) in [6.45, 7) is 0.628. The van der Waals surface area contributed by atoms with Gasteiger partial charge in [0.1, 0.15) is 11.6 Å². The molecule has 0 spiro atoms. The van der Waals surface area contributed by atoms with Crippen LogP contribution in [0.5, 0.6) is 5.75 Å². The first-order valence-electron chi connectivity index (χ1n) is 7.97. The van der Waals surface area contributed by atoms with Crippen LogP contribution in [0.15, 0.2) is 48.5 Å². The van der Waals surface area contributed by atoms with Crippen LogP contribution >= 0.6 is 0 Å². The highest BCUT2D eigenvalue weighted by Gasteiger charge is 2.11. The largest absolute Gasteiger partial charge is 0.497 e. The maximum atomic E-state index is 10.9. The molecular formula is C19H16N4O3. The Bertz CT molecular complexity index is 1010. The molecule has 0 radical (unpaired) electrons. The van der Waals surface area contributed by atoms with Crippen molar-refractivity contribution in [2.75, 3.05) is 19.0 Å². The molecule has 0 aliphatic heterocycles. The van der Waals surface area contributed by atoms with Gasteiger partial charge in [-0.2, -0.15) is 5.26 Å². The molecule has 3 aromatic rings. The Morgan fingerprint density at radius 3 is 2.85 bits per heavy atom. The van der Waals surface area contributed by atoms with Crippen molar-refractivity contribution in [3.8, 4) is 11.8 Å². The minimum absolute atomic E-state index is 0.0606. The van der Waals surface area contributed by atoms with Gasteiger partial charge in [0, 0.05) is 24.1 Å². The van der Waals surface area contributed by atoms with Gasteiger partial charge in [0.05, 0.1) is 29.2 Å². The second kappa shape index (κ2) is 7.49. The molecule has 0 saturated heterocycles. The van der Waals surface area contributed by atoms with Crippen molar-refractivity contribution in [3.05, 3.63) is 69.8 Å². The predicted molar refractivity (Wildman–Crippen MR) is 98.3 cm³/mol. The van der Waals surface area contributed by atoms with Crippen LogP contribution in [0.2, 0.25) is 0 Å². The molecule has 1 heterocycles. The van der Waals surface area contributed by atoms with E-state index in [9.17, 15) is 15.4 Å².